The molecule has 6 heteroatoms. The topological polar surface area (TPSA) is 56.5 Å². The van der Waals surface area contributed by atoms with Gasteiger partial charge in [0, 0.05) is 15.4 Å². The van der Waals surface area contributed by atoms with Gasteiger partial charge in [0.25, 0.3) is 0 Å². The van der Waals surface area contributed by atoms with Crippen molar-refractivity contribution in [3.8, 4) is 11.4 Å². The van der Waals surface area contributed by atoms with E-state index in [9.17, 15) is 0 Å². The van der Waals surface area contributed by atoms with Gasteiger partial charge in [-0.25, -0.2) is 0 Å². The lowest BCUT2D eigenvalue weighted by Crippen LogP contribution is -2.05. The molecule has 0 saturated heterocycles. The number of rotatable bonds is 3. The Hall–Kier alpha value is -2.60. The van der Waals surface area contributed by atoms with Gasteiger partial charge in [-0.1, -0.05) is 40.2 Å². The Morgan fingerprint density at radius 3 is 2.61 bits per heavy atom. The Bertz CT molecular complexity index is 962. The first-order valence-corrected chi connectivity index (χ1v) is 7.96. The highest BCUT2D eigenvalue weighted by atomic mass is 79.9. The van der Waals surface area contributed by atoms with E-state index in [2.05, 4.69) is 42.4 Å². The Labute approximate surface area is 141 Å². The number of fused-ring (bicyclic) bond motifs is 1. The smallest absolute Gasteiger partial charge is 0.204 e. The van der Waals surface area contributed by atoms with Crippen molar-refractivity contribution in [2.45, 2.75) is 6.54 Å². The molecular formula is C17H12BrN5. The normalized spacial score (nSPS) is 11.0. The van der Waals surface area contributed by atoms with Crippen molar-refractivity contribution in [2.24, 2.45) is 0 Å². The predicted molar refractivity (Wildman–Crippen MR) is 91.8 cm³/mol. The van der Waals surface area contributed by atoms with E-state index in [-0.39, 0.29) is 0 Å². The van der Waals surface area contributed by atoms with Crippen molar-refractivity contribution in [3.63, 3.8) is 0 Å². The number of benzene rings is 2. The molecule has 0 fully saturated rings. The summed E-state index contributed by atoms with van der Waals surface area (Å²) in [5, 5.41) is 13.8. The van der Waals surface area contributed by atoms with Crippen LogP contribution < -0.4 is 0 Å². The molecule has 2 heterocycles. The molecule has 112 valence electrons. The summed E-state index contributed by atoms with van der Waals surface area (Å²) in [5.41, 5.74) is 2.81. The van der Waals surface area contributed by atoms with Gasteiger partial charge in [0.1, 0.15) is 6.54 Å². The molecule has 0 bridgehead atoms. The van der Waals surface area contributed by atoms with Crippen LogP contribution in [0.4, 0.5) is 0 Å². The van der Waals surface area contributed by atoms with E-state index in [0.29, 0.717) is 12.4 Å². The van der Waals surface area contributed by atoms with E-state index in [0.717, 1.165) is 26.6 Å². The Morgan fingerprint density at radius 2 is 1.74 bits per heavy atom. The molecule has 0 N–H and O–H groups in total. The largest absolute Gasteiger partial charge is 0.251 e. The molecule has 0 aliphatic carbocycles. The Morgan fingerprint density at radius 1 is 0.913 bits per heavy atom. The SMILES string of the molecule is Brc1ccc(-c2nnn(Cc3ccc4ccccc4n3)n2)cc1. The summed E-state index contributed by atoms with van der Waals surface area (Å²) in [7, 11) is 0. The number of hydrogen-bond acceptors (Lipinski definition) is 4. The maximum Gasteiger partial charge on any atom is 0.204 e. The van der Waals surface area contributed by atoms with Crippen LogP contribution in [0.3, 0.4) is 0 Å². The third-order valence-electron chi connectivity index (χ3n) is 3.51. The van der Waals surface area contributed by atoms with Crippen LogP contribution in [0, 0.1) is 0 Å². The standard InChI is InChI=1S/C17H12BrN5/c18-14-8-5-13(6-9-14)17-20-22-23(21-17)11-15-10-7-12-3-1-2-4-16(12)19-15/h1-10H,11H2. The summed E-state index contributed by atoms with van der Waals surface area (Å²) in [6, 6.07) is 19.9. The second-order valence-electron chi connectivity index (χ2n) is 5.15. The first kappa shape index (κ1) is 14.0. The lowest BCUT2D eigenvalue weighted by Gasteiger charge is -2.01. The molecule has 0 saturated carbocycles. The minimum absolute atomic E-state index is 0.494. The first-order chi connectivity index (χ1) is 11.3. The Kier molecular flexibility index (Phi) is 3.59. The molecule has 23 heavy (non-hydrogen) atoms. The lowest BCUT2D eigenvalue weighted by atomic mass is 10.2. The molecule has 4 aromatic rings. The van der Waals surface area contributed by atoms with Crippen LogP contribution >= 0.6 is 15.9 Å². The molecular weight excluding hydrogens is 354 g/mol. The Balaban J connectivity index is 1.60. The van der Waals surface area contributed by atoms with Gasteiger partial charge < -0.3 is 0 Å². The van der Waals surface area contributed by atoms with E-state index in [4.69, 9.17) is 0 Å². The zero-order valence-electron chi connectivity index (χ0n) is 12.1. The first-order valence-electron chi connectivity index (χ1n) is 7.16. The third kappa shape index (κ3) is 2.98. The number of para-hydroxylation sites is 1. The monoisotopic (exact) mass is 365 g/mol. The summed E-state index contributed by atoms with van der Waals surface area (Å²) in [6.07, 6.45) is 0. The average molecular weight is 366 g/mol. The zero-order chi connectivity index (χ0) is 15.6. The molecule has 2 aromatic heterocycles. The lowest BCUT2D eigenvalue weighted by molar-refractivity contribution is 0.565. The van der Waals surface area contributed by atoms with Crippen LogP contribution in [0.15, 0.2) is 65.1 Å². The second kappa shape index (κ2) is 5.89. The summed E-state index contributed by atoms with van der Waals surface area (Å²) in [4.78, 5) is 6.19. The molecule has 0 aliphatic heterocycles. The number of hydrogen-bond donors (Lipinski definition) is 0. The van der Waals surface area contributed by atoms with E-state index >= 15 is 0 Å². The number of pyridine rings is 1. The predicted octanol–water partition coefficient (Wildman–Crippen LogP) is 3.70. The highest BCUT2D eigenvalue weighted by Gasteiger charge is 2.07. The maximum absolute atomic E-state index is 4.63. The maximum atomic E-state index is 4.63. The van der Waals surface area contributed by atoms with Crippen molar-refractivity contribution in [1.29, 1.82) is 0 Å². The number of aromatic nitrogens is 5. The van der Waals surface area contributed by atoms with Crippen LogP contribution in [-0.4, -0.2) is 25.2 Å². The molecule has 0 radical (unpaired) electrons. The van der Waals surface area contributed by atoms with Gasteiger partial charge in [-0.2, -0.15) is 4.80 Å². The summed E-state index contributed by atoms with van der Waals surface area (Å²) < 4.78 is 1.02. The highest BCUT2D eigenvalue weighted by Crippen LogP contribution is 2.18. The van der Waals surface area contributed by atoms with Crippen molar-refractivity contribution in [2.75, 3.05) is 0 Å². The van der Waals surface area contributed by atoms with Crippen LogP contribution in [-0.2, 0) is 6.54 Å². The van der Waals surface area contributed by atoms with Gasteiger partial charge >= 0.3 is 0 Å². The van der Waals surface area contributed by atoms with Crippen molar-refractivity contribution >= 4 is 26.8 Å². The average Bonchev–Trinajstić information content (AvgIpc) is 3.04. The van der Waals surface area contributed by atoms with Crippen LogP contribution in [0.5, 0.6) is 0 Å². The highest BCUT2D eigenvalue weighted by molar-refractivity contribution is 9.10. The molecule has 0 spiro atoms. The fraction of sp³-hybridized carbons (Fsp3) is 0.0588. The molecule has 0 aliphatic rings. The van der Waals surface area contributed by atoms with E-state index in [1.54, 1.807) is 4.80 Å². The van der Waals surface area contributed by atoms with Crippen molar-refractivity contribution in [3.05, 3.63) is 70.8 Å². The summed E-state index contributed by atoms with van der Waals surface area (Å²) in [6.45, 7) is 0.494. The molecule has 0 amide bonds. The number of halogens is 1. The van der Waals surface area contributed by atoms with Gasteiger partial charge in [-0.15, -0.1) is 10.2 Å². The fourth-order valence-electron chi connectivity index (χ4n) is 2.37. The summed E-state index contributed by atoms with van der Waals surface area (Å²) >= 11 is 3.42. The van der Waals surface area contributed by atoms with Gasteiger partial charge in [0.05, 0.1) is 11.2 Å². The van der Waals surface area contributed by atoms with Gasteiger partial charge in [0.2, 0.25) is 5.82 Å². The minimum Gasteiger partial charge on any atom is -0.251 e. The molecule has 0 atom stereocenters. The van der Waals surface area contributed by atoms with Crippen LogP contribution in [0.2, 0.25) is 0 Å². The van der Waals surface area contributed by atoms with E-state index in [1.165, 1.54) is 0 Å². The second-order valence-corrected chi connectivity index (χ2v) is 6.06. The quantitative estimate of drug-likeness (QED) is 0.555. The fourth-order valence-corrected chi connectivity index (χ4v) is 2.63. The zero-order valence-corrected chi connectivity index (χ0v) is 13.7. The third-order valence-corrected chi connectivity index (χ3v) is 4.04. The van der Waals surface area contributed by atoms with Crippen molar-refractivity contribution in [1.82, 2.24) is 25.2 Å². The van der Waals surface area contributed by atoms with Crippen molar-refractivity contribution < 1.29 is 0 Å². The number of tetrazole rings is 1. The molecule has 5 nitrogen and oxygen atoms in total. The summed E-state index contributed by atoms with van der Waals surface area (Å²) in [5.74, 6) is 0.610. The molecule has 2 aromatic carbocycles. The molecule has 0 unspecified atom stereocenters. The van der Waals surface area contributed by atoms with Gasteiger partial charge in [-0.3, -0.25) is 4.98 Å². The van der Waals surface area contributed by atoms with Gasteiger partial charge in [0.15, 0.2) is 0 Å². The minimum atomic E-state index is 0.494. The van der Waals surface area contributed by atoms with E-state index in [1.807, 2.05) is 54.6 Å². The van der Waals surface area contributed by atoms with Crippen LogP contribution in [0.1, 0.15) is 5.69 Å². The number of nitrogens with zero attached hydrogens (tertiary/aromatic N) is 5. The molecule has 4 rings (SSSR count). The van der Waals surface area contributed by atoms with Gasteiger partial charge in [-0.05, 0) is 41.6 Å². The van der Waals surface area contributed by atoms with E-state index < -0.39 is 0 Å². The van der Waals surface area contributed by atoms with Crippen LogP contribution in [0.25, 0.3) is 22.3 Å².